The maximum Gasteiger partial charge on any atom is 0.337 e. The van der Waals surface area contributed by atoms with Crippen molar-refractivity contribution in [3.05, 3.63) is 62.2 Å². The van der Waals surface area contributed by atoms with Gasteiger partial charge in [-0.25, -0.2) is 4.79 Å². The van der Waals surface area contributed by atoms with Crippen LogP contribution in [0.25, 0.3) is 5.57 Å². The molecule has 0 radical (unpaired) electrons. The molecule has 2 atom stereocenters. The number of hydrogen-bond acceptors (Lipinski definition) is 3. The number of halogens is 3. The monoisotopic (exact) mass is 347 g/mol. The van der Waals surface area contributed by atoms with Gasteiger partial charge in [-0.3, -0.25) is 10.1 Å². The zero-order valence-electron chi connectivity index (χ0n) is 10.3. The van der Waals surface area contributed by atoms with Crippen LogP contribution < -0.4 is 0 Å². The van der Waals surface area contributed by atoms with E-state index in [1.165, 1.54) is 6.08 Å². The minimum Gasteiger partial charge on any atom is -0.479 e. The first-order valence-electron chi connectivity index (χ1n) is 5.68. The lowest BCUT2D eigenvalue weighted by Crippen LogP contribution is -2.51. The lowest BCUT2D eigenvalue weighted by Gasteiger charge is -2.31. The highest BCUT2D eigenvalue weighted by molar-refractivity contribution is 6.47. The van der Waals surface area contributed by atoms with Crippen molar-refractivity contribution in [2.24, 2.45) is 0 Å². The molecule has 5 nitrogen and oxygen atoms in total. The van der Waals surface area contributed by atoms with Gasteiger partial charge in [-0.05, 0) is 11.6 Å². The van der Waals surface area contributed by atoms with Gasteiger partial charge in [0, 0.05) is 10.5 Å². The summed E-state index contributed by atoms with van der Waals surface area (Å²) in [6, 6.07) is 6.35. The molecular formula is C13H8Cl3NO4. The van der Waals surface area contributed by atoms with E-state index >= 15 is 0 Å². The Hall–Kier alpha value is -1.56. The molecule has 1 aliphatic carbocycles. The topological polar surface area (TPSA) is 80.4 Å². The number of alkyl halides is 1. The summed E-state index contributed by atoms with van der Waals surface area (Å²) < 4.78 is 0. The van der Waals surface area contributed by atoms with Crippen LogP contribution in [0, 0.1) is 10.1 Å². The van der Waals surface area contributed by atoms with E-state index < -0.39 is 26.8 Å². The summed E-state index contributed by atoms with van der Waals surface area (Å²) in [5, 5.41) is 20.2. The first-order valence-corrected chi connectivity index (χ1v) is 6.82. The molecule has 0 saturated heterocycles. The van der Waals surface area contributed by atoms with Crippen LogP contribution in [-0.2, 0) is 4.79 Å². The van der Waals surface area contributed by atoms with Crippen LogP contribution in [0.5, 0.6) is 0 Å². The number of allylic oxidation sites excluding steroid dienone is 2. The molecule has 2 rings (SSSR count). The van der Waals surface area contributed by atoms with Crippen molar-refractivity contribution in [2.45, 2.75) is 10.9 Å². The molecule has 0 fully saturated rings. The number of carbonyl (C=O) groups is 1. The second kappa shape index (κ2) is 5.67. The Kier molecular flexibility index (Phi) is 4.27. The molecule has 0 aliphatic heterocycles. The van der Waals surface area contributed by atoms with E-state index in [9.17, 15) is 20.0 Å². The van der Waals surface area contributed by atoms with Crippen LogP contribution >= 0.6 is 34.8 Å². The molecule has 0 bridgehead atoms. The Balaban J connectivity index is 2.74. The zero-order valence-corrected chi connectivity index (χ0v) is 12.6. The van der Waals surface area contributed by atoms with Gasteiger partial charge in [-0.15, -0.1) is 0 Å². The lowest BCUT2D eigenvalue weighted by molar-refractivity contribution is -0.512. The number of rotatable bonds is 3. The van der Waals surface area contributed by atoms with E-state index in [-0.39, 0.29) is 10.6 Å². The molecule has 1 aromatic carbocycles. The SMILES string of the molecule is O=C(O)C1(Cl)C(c2ccccc2)=CC(Cl)=C(Cl)C1[N+](=O)[O-]. The van der Waals surface area contributed by atoms with Crippen molar-refractivity contribution in [1.29, 1.82) is 0 Å². The summed E-state index contributed by atoms with van der Waals surface area (Å²) in [7, 11) is 0. The summed E-state index contributed by atoms with van der Waals surface area (Å²) in [5.41, 5.74) is 0.442. The third-order valence-electron chi connectivity index (χ3n) is 3.11. The summed E-state index contributed by atoms with van der Waals surface area (Å²) in [6.07, 6.45) is 1.25. The van der Waals surface area contributed by atoms with Crippen molar-refractivity contribution in [3.63, 3.8) is 0 Å². The quantitative estimate of drug-likeness (QED) is 0.515. The third kappa shape index (κ3) is 2.52. The number of benzene rings is 1. The van der Waals surface area contributed by atoms with E-state index in [1.54, 1.807) is 30.3 Å². The van der Waals surface area contributed by atoms with Gasteiger partial charge in [0.05, 0.1) is 5.03 Å². The van der Waals surface area contributed by atoms with Gasteiger partial charge in [0.2, 0.25) is 4.87 Å². The van der Waals surface area contributed by atoms with Gasteiger partial charge in [-0.1, -0.05) is 65.1 Å². The molecule has 0 spiro atoms. The normalized spacial score (nSPS) is 25.5. The van der Waals surface area contributed by atoms with E-state index in [1.807, 2.05) is 0 Å². The fraction of sp³-hybridized carbons (Fsp3) is 0.154. The Morgan fingerprint density at radius 3 is 2.33 bits per heavy atom. The number of nitrogens with zero attached hydrogens (tertiary/aromatic N) is 1. The molecule has 0 saturated carbocycles. The minimum atomic E-state index is -2.33. The summed E-state index contributed by atoms with van der Waals surface area (Å²) >= 11 is 17.9. The molecule has 1 N–H and O–H groups in total. The first kappa shape index (κ1) is 15.8. The third-order valence-corrected chi connectivity index (χ3v) is 4.51. The summed E-state index contributed by atoms with van der Waals surface area (Å²) in [4.78, 5) is 19.7. The van der Waals surface area contributed by atoms with Crippen molar-refractivity contribution >= 4 is 46.3 Å². The predicted molar refractivity (Wildman–Crippen MR) is 80.2 cm³/mol. The first-order chi connectivity index (χ1) is 9.80. The van der Waals surface area contributed by atoms with E-state index in [4.69, 9.17) is 34.8 Å². The van der Waals surface area contributed by atoms with Gasteiger partial charge in [0.25, 0.3) is 6.04 Å². The smallest absolute Gasteiger partial charge is 0.337 e. The molecule has 2 unspecified atom stereocenters. The molecule has 8 heteroatoms. The van der Waals surface area contributed by atoms with E-state index in [0.717, 1.165) is 0 Å². The molecule has 0 amide bonds. The van der Waals surface area contributed by atoms with Crippen LogP contribution in [0.4, 0.5) is 0 Å². The highest BCUT2D eigenvalue weighted by Gasteiger charge is 2.59. The van der Waals surface area contributed by atoms with Crippen LogP contribution in [-0.4, -0.2) is 26.9 Å². The maximum atomic E-state index is 11.6. The minimum absolute atomic E-state index is 0.0216. The summed E-state index contributed by atoms with van der Waals surface area (Å²) in [5.74, 6) is -1.57. The van der Waals surface area contributed by atoms with Crippen LogP contribution in [0.3, 0.4) is 0 Å². The van der Waals surface area contributed by atoms with Crippen molar-refractivity contribution in [3.8, 4) is 0 Å². The van der Waals surface area contributed by atoms with Gasteiger partial charge in [0.1, 0.15) is 5.03 Å². The molecule has 0 aromatic heterocycles. The van der Waals surface area contributed by atoms with Crippen LogP contribution in [0.2, 0.25) is 0 Å². The molecular weight excluding hydrogens is 341 g/mol. The van der Waals surface area contributed by atoms with Crippen molar-refractivity contribution in [1.82, 2.24) is 0 Å². The summed E-state index contributed by atoms with van der Waals surface area (Å²) in [6.45, 7) is 0. The average Bonchev–Trinajstić information content (AvgIpc) is 2.43. The zero-order chi connectivity index (χ0) is 15.8. The Bertz CT molecular complexity index is 671. The number of aliphatic carboxylic acids is 1. The van der Waals surface area contributed by atoms with Gasteiger partial charge in [-0.2, -0.15) is 0 Å². The Labute approximate surface area is 134 Å². The molecule has 0 heterocycles. The maximum absolute atomic E-state index is 11.6. The highest BCUT2D eigenvalue weighted by Crippen LogP contribution is 2.46. The van der Waals surface area contributed by atoms with Gasteiger partial charge < -0.3 is 5.11 Å². The molecule has 110 valence electrons. The number of carboxylic acid groups (broad SMARTS) is 1. The number of nitro groups is 1. The predicted octanol–water partition coefficient (Wildman–Crippen LogP) is 3.48. The van der Waals surface area contributed by atoms with Crippen molar-refractivity contribution in [2.75, 3.05) is 0 Å². The molecule has 21 heavy (non-hydrogen) atoms. The number of hydrogen-bond donors (Lipinski definition) is 1. The lowest BCUT2D eigenvalue weighted by atomic mass is 9.82. The second-order valence-corrected chi connectivity index (χ2v) is 5.74. The van der Waals surface area contributed by atoms with Gasteiger partial charge in [0.15, 0.2) is 0 Å². The van der Waals surface area contributed by atoms with E-state index in [2.05, 4.69) is 0 Å². The van der Waals surface area contributed by atoms with Crippen molar-refractivity contribution < 1.29 is 14.8 Å². The van der Waals surface area contributed by atoms with Crippen LogP contribution in [0.15, 0.2) is 46.5 Å². The standard InChI is InChI=1S/C13H8Cl3NO4/c14-9-6-8(7-4-2-1-3-5-7)13(16,12(18)19)11(10(9)15)17(20)21/h1-6,11H,(H,18,19). The van der Waals surface area contributed by atoms with Crippen LogP contribution in [0.1, 0.15) is 5.56 Å². The average molecular weight is 349 g/mol. The molecule has 1 aliphatic rings. The van der Waals surface area contributed by atoms with E-state index in [0.29, 0.717) is 5.56 Å². The fourth-order valence-corrected chi connectivity index (χ4v) is 3.05. The second-order valence-electron chi connectivity index (χ2n) is 4.32. The highest BCUT2D eigenvalue weighted by atomic mass is 35.5. The Morgan fingerprint density at radius 2 is 1.86 bits per heavy atom. The fourth-order valence-electron chi connectivity index (χ4n) is 2.13. The number of carboxylic acids is 1. The van der Waals surface area contributed by atoms with Gasteiger partial charge >= 0.3 is 5.97 Å². The molecule has 1 aromatic rings. The largest absolute Gasteiger partial charge is 0.479 e. The Morgan fingerprint density at radius 1 is 1.29 bits per heavy atom.